The number of aromatic nitrogens is 1. The molecular weight excluding hydrogens is 318 g/mol. The third-order valence-corrected chi connectivity index (χ3v) is 5.49. The van der Waals surface area contributed by atoms with Crippen LogP contribution in [0.3, 0.4) is 0 Å². The van der Waals surface area contributed by atoms with Gasteiger partial charge < -0.3 is 4.90 Å². The molecule has 2 aliphatic rings. The van der Waals surface area contributed by atoms with Crippen molar-refractivity contribution in [2.45, 2.75) is 39.0 Å². The molecule has 6 nitrogen and oxygen atoms in total. The number of hydrogen-bond acceptors (Lipinski definition) is 4. The quantitative estimate of drug-likeness (QED) is 0.785. The predicted octanol–water partition coefficient (Wildman–Crippen LogP) is 1.82. The number of hydrogen-bond donors (Lipinski definition) is 0. The van der Waals surface area contributed by atoms with Gasteiger partial charge in [0.2, 0.25) is 17.7 Å². The SMILES string of the molecule is CC(C)CC(=O)N1CCC2(CC1)C(=O)N(C)C(=O)C2c1ccncc1. The monoisotopic (exact) mass is 343 g/mol. The van der Waals surface area contributed by atoms with E-state index in [0.717, 1.165) is 5.56 Å². The molecule has 2 aliphatic heterocycles. The van der Waals surface area contributed by atoms with Gasteiger partial charge in [0.05, 0.1) is 11.3 Å². The first-order valence-electron chi connectivity index (χ1n) is 8.86. The van der Waals surface area contributed by atoms with Gasteiger partial charge in [0.15, 0.2) is 0 Å². The van der Waals surface area contributed by atoms with Gasteiger partial charge in [0.25, 0.3) is 0 Å². The fourth-order valence-corrected chi connectivity index (χ4v) is 4.14. The topological polar surface area (TPSA) is 70.6 Å². The van der Waals surface area contributed by atoms with Crippen LogP contribution in [0, 0.1) is 11.3 Å². The molecule has 3 rings (SSSR count). The van der Waals surface area contributed by atoms with Crippen LogP contribution in [0.5, 0.6) is 0 Å². The molecule has 0 radical (unpaired) electrons. The van der Waals surface area contributed by atoms with Crippen molar-refractivity contribution in [2.24, 2.45) is 11.3 Å². The highest BCUT2D eigenvalue weighted by Gasteiger charge is 2.59. The second-order valence-electron chi connectivity index (χ2n) is 7.55. The van der Waals surface area contributed by atoms with E-state index in [1.54, 1.807) is 19.4 Å². The molecule has 0 bridgehead atoms. The lowest BCUT2D eigenvalue weighted by Crippen LogP contribution is -2.48. The highest BCUT2D eigenvalue weighted by atomic mass is 16.2. The van der Waals surface area contributed by atoms with Crippen molar-refractivity contribution in [3.63, 3.8) is 0 Å². The number of likely N-dealkylation sites (N-methyl/N-ethyl adjacent to an activating group) is 1. The van der Waals surface area contributed by atoms with E-state index in [1.807, 2.05) is 30.9 Å². The third kappa shape index (κ3) is 2.94. The van der Waals surface area contributed by atoms with Crippen LogP contribution in [-0.2, 0) is 14.4 Å². The molecule has 3 heterocycles. The van der Waals surface area contributed by atoms with Gasteiger partial charge in [-0.15, -0.1) is 0 Å². The number of nitrogens with zero attached hydrogens (tertiary/aromatic N) is 3. The second kappa shape index (κ2) is 6.58. The van der Waals surface area contributed by atoms with Crippen molar-refractivity contribution < 1.29 is 14.4 Å². The number of imide groups is 1. The Hall–Kier alpha value is -2.24. The first kappa shape index (κ1) is 17.6. The first-order chi connectivity index (χ1) is 11.9. The van der Waals surface area contributed by atoms with Gasteiger partial charge in [0.1, 0.15) is 0 Å². The Kier molecular flexibility index (Phi) is 4.62. The Balaban J connectivity index is 1.85. The molecule has 134 valence electrons. The highest BCUT2D eigenvalue weighted by Crippen LogP contribution is 2.51. The average molecular weight is 343 g/mol. The maximum Gasteiger partial charge on any atom is 0.237 e. The van der Waals surface area contributed by atoms with E-state index in [1.165, 1.54) is 4.90 Å². The van der Waals surface area contributed by atoms with E-state index < -0.39 is 11.3 Å². The molecule has 0 N–H and O–H groups in total. The molecule has 1 spiro atoms. The summed E-state index contributed by atoms with van der Waals surface area (Å²) in [6.07, 6.45) is 4.88. The summed E-state index contributed by atoms with van der Waals surface area (Å²) in [6.45, 7) is 5.11. The van der Waals surface area contributed by atoms with Crippen LogP contribution in [0.2, 0.25) is 0 Å². The Labute approximate surface area is 148 Å². The zero-order valence-corrected chi connectivity index (χ0v) is 15.1. The third-order valence-electron chi connectivity index (χ3n) is 5.49. The van der Waals surface area contributed by atoms with Crippen molar-refractivity contribution in [3.05, 3.63) is 30.1 Å². The van der Waals surface area contributed by atoms with Gasteiger partial charge in [-0.1, -0.05) is 13.8 Å². The Morgan fingerprint density at radius 1 is 1.24 bits per heavy atom. The average Bonchev–Trinajstić information content (AvgIpc) is 2.77. The van der Waals surface area contributed by atoms with Crippen LogP contribution in [0.15, 0.2) is 24.5 Å². The van der Waals surface area contributed by atoms with E-state index in [4.69, 9.17) is 0 Å². The largest absolute Gasteiger partial charge is 0.343 e. The number of carbonyl (C=O) groups is 3. The summed E-state index contributed by atoms with van der Waals surface area (Å²) in [5, 5.41) is 0. The lowest BCUT2D eigenvalue weighted by Gasteiger charge is -2.40. The number of carbonyl (C=O) groups excluding carboxylic acids is 3. The molecule has 2 fully saturated rings. The highest BCUT2D eigenvalue weighted by molar-refractivity contribution is 6.09. The lowest BCUT2D eigenvalue weighted by atomic mass is 9.67. The molecule has 25 heavy (non-hydrogen) atoms. The van der Waals surface area contributed by atoms with Gasteiger partial charge in [0, 0.05) is 39.0 Å². The normalized spacial score (nSPS) is 23.0. The minimum atomic E-state index is -0.734. The molecule has 1 atom stereocenters. The van der Waals surface area contributed by atoms with Crippen LogP contribution < -0.4 is 0 Å². The van der Waals surface area contributed by atoms with Crippen molar-refractivity contribution >= 4 is 17.7 Å². The number of rotatable bonds is 3. The summed E-state index contributed by atoms with van der Waals surface area (Å²) < 4.78 is 0. The fraction of sp³-hybridized carbons (Fsp3) is 0.579. The predicted molar refractivity (Wildman–Crippen MR) is 92.5 cm³/mol. The summed E-state index contributed by atoms with van der Waals surface area (Å²) in [5.74, 6) is -0.298. The van der Waals surface area contributed by atoms with E-state index >= 15 is 0 Å². The maximum absolute atomic E-state index is 12.9. The molecule has 3 amide bonds. The van der Waals surface area contributed by atoms with Crippen LogP contribution in [-0.4, -0.2) is 52.6 Å². The summed E-state index contributed by atoms with van der Waals surface area (Å²) in [4.78, 5) is 45.1. The Bertz CT molecular complexity index is 678. The lowest BCUT2D eigenvalue weighted by molar-refractivity contribution is -0.144. The zero-order chi connectivity index (χ0) is 18.2. The molecule has 1 unspecified atom stereocenters. The zero-order valence-electron chi connectivity index (χ0n) is 15.1. The molecule has 6 heteroatoms. The first-order valence-corrected chi connectivity index (χ1v) is 8.86. The van der Waals surface area contributed by atoms with Crippen LogP contribution in [0.4, 0.5) is 0 Å². The van der Waals surface area contributed by atoms with Gasteiger partial charge in [-0.25, -0.2) is 0 Å². The minimum absolute atomic E-state index is 0.115. The Morgan fingerprint density at radius 2 is 1.84 bits per heavy atom. The van der Waals surface area contributed by atoms with Crippen molar-refractivity contribution in [1.82, 2.24) is 14.8 Å². The van der Waals surface area contributed by atoms with E-state index in [9.17, 15) is 14.4 Å². The number of piperidine rings is 1. The van der Waals surface area contributed by atoms with Gasteiger partial charge in [-0.3, -0.25) is 24.3 Å². The second-order valence-corrected chi connectivity index (χ2v) is 7.55. The summed E-state index contributed by atoms with van der Waals surface area (Å²) in [6, 6.07) is 3.63. The fourth-order valence-electron chi connectivity index (χ4n) is 4.14. The molecule has 0 aromatic carbocycles. The maximum atomic E-state index is 12.9. The molecule has 1 aromatic rings. The smallest absolute Gasteiger partial charge is 0.237 e. The summed E-state index contributed by atoms with van der Waals surface area (Å²) in [7, 11) is 1.56. The Morgan fingerprint density at radius 3 is 2.40 bits per heavy atom. The molecule has 0 aliphatic carbocycles. The molecular formula is C19H25N3O3. The number of likely N-dealkylation sites (tertiary alicyclic amines) is 2. The van der Waals surface area contributed by atoms with Crippen LogP contribution in [0.1, 0.15) is 44.6 Å². The van der Waals surface area contributed by atoms with Gasteiger partial charge in [-0.2, -0.15) is 0 Å². The van der Waals surface area contributed by atoms with E-state index in [0.29, 0.717) is 38.3 Å². The van der Waals surface area contributed by atoms with Crippen molar-refractivity contribution in [2.75, 3.05) is 20.1 Å². The van der Waals surface area contributed by atoms with E-state index in [2.05, 4.69) is 4.98 Å². The number of pyridine rings is 1. The molecule has 1 aromatic heterocycles. The summed E-state index contributed by atoms with van der Waals surface area (Å²) >= 11 is 0. The summed E-state index contributed by atoms with van der Waals surface area (Å²) in [5.41, 5.74) is 0.0987. The minimum Gasteiger partial charge on any atom is -0.343 e. The molecule has 2 saturated heterocycles. The van der Waals surface area contributed by atoms with Crippen molar-refractivity contribution in [1.29, 1.82) is 0 Å². The van der Waals surface area contributed by atoms with Gasteiger partial charge in [-0.05, 0) is 36.5 Å². The van der Waals surface area contributed by atoms with E-state index in [-0.39, 0.29) is 17.7 Å². The van der Waals surface area contributed by atoms with Crippen LogP contribution in [0.25, 0.3) is 0 Å². The molecule has 0 saturated carbocycles. The number of amides is 3. The van der Waals surface area contributed by atoms with Crippen LogP contribution >= 0.6 is 0 Å². The standard InChI is InChI=1S/C19H25N3O3/c1-13(2)12-15(23)22-10-6-19(7-11-22)16(14-4-8-20-9-5-14)17(24)21(3)18(19)25/h4-5,8-9,13,16H,6-7,10-12H2,1-3H3. The van der Waals surface area contributed by atoms with Gasteiger partial charge >= 0.3 is 0 Å². The van der Waals surface area contributed by atoms with Crippen molar-refractivity contribution in [3.8, 4) is 0 Å².